The fourth-order valence-electron chi connectivity index (χ4n) is 3.83. The minimum atomic E-state index is -0.887. The zero-order valence-corrected chi connectivity index (χ0v) is 20.9. The number of anilines is 1. The Hall–Kier alpha value is -3.32. The van der Waals surface area contributed by atoms with E-state index in [1.165, 1.54) is 19.1 Å². The molecule has 1 unspecified atom stereocenters. The first-order valence-electron chi connectivity index (χ1n) is 10.2. The molecule has 1 aliphatic rings. The van der Waals surface area contributed by atoms with Crippen molar-refractivity contribution in [1.29, 1.82) is 5.26 Å². The maximum absolute atomic E-state index is 13.1. The molecular formula is C25H24IN3O4. The van der Waals surface area contributed by atoms with Crippen molar-refractivity contribution in [3.8, 4) is 6.07 Å². The molecule has 0 aromatic heterocycles. The number of nitrogens with zero attached hydrogens (tertiary/aromatic N) is 2. The minimum Gasteiger partial charge on any atom is -0.466 e. The van der Waals surface area contributed by atoms with E-state index >= 15 is 0 Å². The molecule has 1 aliphatic heterocycles. The van der Waals surface area contributed by atoms with E-state index in [0.29, 0.717) is 17.2 Å². The van der Waals surface area contributed by atoms with E-state index < -0.39 is 17.9 Å². The standard InChI is InChI=1S/C25H24IN3O4/c1-14(2)16-10-11-19(18(26)12-16)29-22(25(31)33-4)21(24(30)32-3)20(17(13-27)23(29)28)15-8-6-5-7-9-15/h5-12,14,20H,28H2,1-4H3. The number of halogens is 1. The molecule has 0 spiro atoms. The number of allylic oxidation sites excluding steroid dienone is 1. The fourth-order valence-corrected chi connectivity index (χ4v) is 4.61. The van der Waals surface area contributed by atoms with E-state index in [-0.39, 0.29) is 22.7 Å². The van der Waals surface area contributed by atoms with Crippen molar-refractivity contribution in [1.82, 2.24) is 0 Å². The van der Waals surface area contributed by atoms with Gasteiger partial charge in [-0.05, 0) is 51.8 Å². The Kier molecular flexibility index (Phi) is 7.43. The zero-order chi connectivity index (χ0) is 24.3. The van der Waals surface area contributed by atoms with Crippen molar-refractivity contribution in [3.63, 3.8) is 0 Å². The Morgan fingerprint density at radius 1 is 1.09 bits per heavy atom. The average molecular weight is 557 g/mol. The SMILES string of the molecule is COC(=O)C1=C(C(=O)OC)N(c2ccc(C(C)C)cc2I)C(N)=C(C#N)C1c1ccccc1. The second kappa shape index (κ2) is 10.1. The molecule has 3 rings (SSSR count). The van der Waals surface area contributed by atoms with Crippen LogP contribution in [0.5, 0.6) is 0 Å². The highest BCUT2D eigenvalue weighted by Gasteiger charge is 2.43. The summed E-state index contributed by atoms with van der Waals surface area (Å²) in [6.07, 6.45) is 0. The van der Waals surface area contributed by atoms with Gasteiger partial charge >= 0.3 is 11.9 Å². The minimum absolute atomic E-state index is 0.00923. The maximum Gasteiger partial charge on any atom is 0.355 e. The third-order valence-electron chi connectivity index (χ3n) is 5.49. The van der Waals surface area contributed by atoms with Crippen LogP contribution in [0.4, 0.5) is 5.69 Å². The molecule has 0 aliphatic carbocycles. The molecule has 2 aromatic carbocycles. The van der Waals surface area contributed by atoms with Crippen LogP contribution >= 0.6 is 22.6 Å². The van der Waals surface area contributed by atoms with Gasteiger partial charge in [0.25, 0.3) is 0 Å². The number of methoxy groups -OCH3 is 2. The summed E-state index contributed by atoms with van der Waals surface area (Å²) in [4.78, 5) is 27.6. The molecule has 8 heteroatoms. The molecule has 0 bridgehead atoms. The molecule has 33 heavy (non-hydrogen) atoms. The molecular weight excluding hydrogens is 533 g/mol. The summed E-state index contributed by atoms with van der Waals surface area (Å²) in [6.45, 7) is 4.15. The Morgan fingerprint density at radius 3 is 2.24 bits per heavy atom. The smallest absolute Gasteiger partial charge is 0.355 e. The van der Waals surface area contributed by atoms with Crippen LogP contribution in [-0.2, 0) is 19.1 Å². The molecule has 2 N–H and O–H groups in total. The number of ether oxygens (including phenoxy) is 2. The Morgan fingerprint density at radius 2 is 1.73 bits per heavy atom. The second-order valence-corrected chi connectivity index (χ2v) is 8.86. The molecule has 0 saturated heterocycles. The summed E-state index contributed by atoms with van der Waals surface area (Å²) in [5.41, 5.74) is 8.86. The van der Waals surface area contributed by atoms with Crippen LogP contribution in [0.25, 0.3) is 0 Å². The molecule has 1 heterocycles. The third-order valence-corrected chi connectivity index (χ3v) is 6.35. The number of rotatable bonds is 5. The van der Waals surface area contributed by atoms with Crippen LogP contribution in [0.2, 0.25) is 0 Å². The van der Waals surface area contributed by atoms with Gasteiger partial charge < -0.3 is 15.2 Å². The zero-order valence-electron chi connectivity index (χ0n) is 18.8. The summed E-state index contributed by atoms with van der Waals surface area (Å²) in [7, 11) is 2.46. The number of hydrogen-bond donors (Lipinski definition) is 1. The van der Waals surface area contributed by atoms with E-state index in [2.05, 4.69) is 42.5 Å². The summed E-state index contributed by atoms with van der Waals surface area (Å²) >= 11 is 2.15. The number of carbonyl (C=O) groups is 2. The lowest BCUT2D eigenvalue weighted by atomic mass is 9.81. The lowest BCUT2D eigenvalue weighted by molar-refractivity contribution is -0.139. The molecule has 0 fully saturated rings. The van der Waals surface area contributed by atoms with Gasteiger partial charge in [0, 0.05) is 3.57 Å². The van der Waals surface area contributed by atoms with Crippen LogP contribution in [0, 0.1) is 14.9 Å². The van der Waals surface area contributed by atoms with Crippen molar-refractivity contribution in [2.24, 2.45) is 5.73 Å². The highest BCUT2D eigenvalue weighted by Crippen LogP contribution is 2.44. The number of hydrogen-bond acceptors (Lipinski definition) is 7. The molecule has 170 valence electrons. The Labute approximate surface area is 206 Å². The predicted octanol–water partition coefficient (Wildman–Crippen LogP) is 4.31. The van der Waals surface area contributed by atoms with Crippen molar-refractivity contribution >= 4 is 40.2 Å². The van der Waals surface area contributed by atoms with Gasteiger partial charge in [-0.1, -0.05) is 50.2 Å². The summed E-state index contributed by atoms with van der Waals surface area (Å²) in [6, 6.07) is 16.8. The Bertz CT molecular complexity index is 1200. The number of esters is 2. The first-order chi connectivity index (χ1) is 15.8. The number of nitrogens with two attached hydrogens (primary N) is 1. The van der Waals surface area contributed by atoms with E-state index in [0.717, 1.165) is 9.13 Å². The Balaban J connectivity index is 2.40. The number of carbonyl (C=O) groups excluding carboxylic acids is 2. The van der Waals surface area contributed by atoms with Crippen LogP contribution in [0.1, 0.15) is 36.8 Å². The second-order valence-electron chi connectivity index (χ2n) is 7.70. The lowest BCUT2D eigenvalue weighted by Crippen LogP contribution is -2.41. The monoisotopic (exact) mass is 557 g/mol. The van der Waals surface area contributed by atoms with Crippen molar-refractivity contribution in [2.75, 3.05) is 19.1 Å². The molecule has 2 aromatic rings. The molecule has 0 radical (unpaired) electrons. The first kappa shape index (κ1) is 24.3. The highest BCUT2D eigenvalue weighted by molar-refractivity contribution is 14.1. The van der Waals surface area contributed by atoms with Gasteiger partial charge in [0.05, 0.1) is 43.0 Å². The van der Waals surface area contributed by atoms with Gasteiger partial charge in [-0.2, -0.15) is 5.26 Å². The van der Waals surface area contributed by atoms with Gasteiger partial charge in [-0.25, -0.2) is 9.59 Å². The van der Waals surface area contributed by atoms with Gasteiger partial charge in [0.15, 0.2) is 0 Å². The fraction of sp³-hybridized carbons (Fsp3) is 0.240. The van der Waals surface area contributed by atoms with Gasteiger partial charge in [-0.3, -0.25) is 4.90 Å². The van der Waals surface area contributed by atoms with Crippen molar-refractivity contribution in [3.05, 3.63) is 85.9 Å². The summed E-state index contributed by atoms with van der Waals surface area (Å²) in [5.74, 6) is -2.06. The number of nitriles is 1. The van der Waals surface area contributed by atoms with E-state index in [9.17, 15) is 14.9 Å². The summed E-state index contributed by atoms with van der Waals surface area (Å²) in [5, 5.41) is 10.1. The largest absolute Gasteiger partial charge is 0.466 e. The quantitative estimate of drug-likeness (QED) is 0.432. The molecule has 1 atom stereocenters. The van der Waals surface area contributed by atoms with Crippen LogP contribution in [-0.4, -0.2) is 26.2 Å². The van der Waals surface area contributed by atoms with Crippen LogP contribution in [0.15, 0.2) is 71.2 Å². The van der Waals surface area contributed by atoms with Crippen LogP contribution in [0.3, 0.4) is 0 Å². The van der Waals surface area contributed by atoms with Gasteiger partial charge in [0.1, 0.15) is 11.5 Å². The topological polar surface area (TPSA) is 106 Å². The van der Waals surface area contributed by atoms with Gasteiger partial charge in [0.2, 0.25) is 0 Å². The maximum atomic E-state index is 13.1. The van der Waals surface area contributed by atoms with E-state index in [4.69, 9.17) is 15.2 Å². The first-order valence-corrected chi connectivity index (χ1v) is 11.3. The average Bonchev–Trinajstić information content (AvgIpc) is 2.82. The third kappa shape index (κ3) is 4.46. The normalized spacial score (nSPS) is 16.0. The predicted molar refractivity (Wildman–Crippen MR) is 133 cm³/mol. The molecule has 0 amide bonds. The lowest BCUT2D eigenvalue weighted by Gasteiger charge is -2.36. The van der Waals surface area contributed by atoms with Crippen molar-refractivity contribution in [2.45, 2.75) is 25.7 Å². The van der Waals surface area contributed by atoms with Crippen LogP contribution < -0.4 is 10.6 Å². The molecule has 0 saturated carbocycles. The van der Waals surface area contributed by atoms with E-state index in [1.807, 2.05) is 24.3 Å². The van der Waals surface area contributed by atoms with Gasteiger partial charge in [-0.15, -0.1) is 0 Å². The highest BCUT2D eigenvalue weighted by atomic mass is 127. The van der Waals surface area contributed by atoms with Crippen molar-refractivity contribution < 1.29 is 19.1 Å². The van der Waals surface area contributed by atoms with E-state index in [1.54, 1.807) is 24.3 Å². The summed E-state index contributed by atoms with van der Waals surface area (Å²) < 4.78 is 10.9. The number of benzene rings is 2. The molecule has 7 nitrogen and oxygen atoms in total.